The van der Waals surface area contributed by atoms with Crippen LogP contribution in [0, 0.1) is 12.8 Å². The largest absolute Gasteiger partial charge is 0.366 e. The topological polar surface area (TPSA) is 65.2 Å². The van der Waals surface area contributed by atoms with E-state index >= 15 is 0 Å². The van der Waals surface area contributed by atoms with E-state index < -0.39 is 0 Å². The normalized spacial score (nSPS) is 15.9. The fraction of sp³-hybridized carbons (Fsp3) is 0.214. The number of aromatic amines is 1. The van der Waals surface area contributed by atoms with Crippen LogP contribution in [0.25, 0.3) is 22.0 Å². The number of fused-ring (bicyclic) bond motifs is 1. The van der Waals surface area contributed by atoms with Gasteiger partial charge in [-0.2, -0.15) is 0 Å². The van der Waals surface area contributed by atoms with E-state index in [0.29, 0.717) is 23.8 Å². The predicted molar refractivity (Wildman–Crippen MR) is 140 cm³/mol. The van der Waals surface area contributed by atoms with E-state index in [4.69, 9.17) is 11.6 Å². The van der Waals surface area contributed by atoms with Gasteiger partial charge >= 0.3 is 0 Å². The number of amides is 1. The molecule has 1 fully saturated rings. The van der Waals surface area contributed by atoms with Gasteiger partial charge in [-0.1, -0.05) is 60.1 Å². The molecule has 1 aliphatic heterocycles. The lowest BCUT2D eigenvalue weighted by atomic mass is 9.93. The van der Waals surface area contributed by atoms with Crippen molar-refractivity contribution in [2.45, 2.75) is 19.8 Å². The highest BCUT2D eigenvalue weighted by molar-refractivity contribution is 6.31. The zero-order valence-corrected chi connectivity index (χ0v) is 19.7. The Labute approximate surface area is 203 Å². The first-order valence-electron chi connectivity index (χ1n) is 11.5. The Morgan fingerprint density at radius 1 is 1.06 bits per heavy atom. The minimum atomic E-state index is -0.216. The maximum absolute atomic E-state index is 13.4. The molecule has 1 aromatic heterocycles. The van der Waals surface area contributed by atoms with E-state index in [1.54, 1.807) is 6.07 Å². The third-order valence-electron chi connectivity index (χ3n) is 6.52. The molecule has 0 saturated carbocycles. The molecule has 0 aliphatic carbocycles. The number of nitrogens with one attached hydrogen (secondary N) is 2. The maximum Gasteiger partial charge on any atom is 0.272 e. The summed E-state index contributed by atoms with van der Waals surface area (Å²) in [6.07, 6.45) is 1.61. The molecule has 34 heavy (non-hydrogen) atoms. The summed E-state index contributed by atoms with van der Waals surface area (Å²) in [7, 11) is 0. The van der Waals surface area contributed by atoms with Gasteiger partial charge in [-0.05, 0) is 55.2 Å². The molecular weight excluding hydrogens is 446 g/mol. The van der Waals surface area contributed by atoms with Crippen LogP contribution in [0.15, 0.2) is 77.6 Å². The van der Waals surface area contributed by atoms with Gasteiger partial charge in [0, 0.05) is 40.3 Å². The average Bonchev–Trinajstić information content (AvgIpc) is 2.85. The first kappa shape index (κ1) is 22.2. The molecule has 2 heterocycles. The molecule has 5 rings (SSSR count). The molecular formula is C28H26ClN3O2. The second-order valence-corrected chi connectivity index (χ2v) is 9.26. The minimum absolute atomic E-state index is 0.0134. The summed E-state index contributed by atoms with van der Waals surface area (Å²) < 4.78 is 0. The van der Waals surface area contributed by atoms with E-state index in [9.17, 15) is 9.59 Å². The summed E-state index contributed by atoms with van der Waals surface area (Å²) in [4.78, 5) is 31.6. The highest BCUT2D eigenvalue weighted by Crippen LogP contribution is 2.37. The molecule has 0 spiro atoms. The molecule has 6 heteroatoms. The van der Waals surface area contributed by atoms with Crippen LogP contribution in [0.3, 0.4) is 0 Å². The fourth-order valence-corrected chi connectivity index (χ4v) is 4.97. The van der Waals surface area contributed by atoms with Crippen LogP contribution in [0.5, 0.6) is 0 Å². The number of benzene rings is 3. The maximum atomic E-state index is 13.4. The van der Waals surface area contributed by atoms with Gasteiger partial charge in [0.05, 0.1) is 5.92 Å². The van der Waals surface area contributed by atoms with Gasteiger partial charge in [-0.3, -0.25) is 9.59 Å². The Morgan fingerprint density at radius 3 is 2.62 bits per heavy atom. The molecule has 2 N–H and O–H groups in total. The van der Waals surface area contributed by atoms with E-state index in [1.165, 1.54) is 0 Å². The highest BCUT2D eigenvalue weighted by Gasteiger charge is 2.29. The molecule has 1 aliphatic rings. The molecule has 1 amide bonds. The molecule has 1 saturated heterocycles. The van der Waals surface area contributed by atoms with Crippen molar-refractivity contribution in [1.82, 2.24) is 4.98 Å². The molecule has 3 aromatic carbocycles. The molecule has 0 unspecified atom stereocenters. The van der Waals surface area contributed by atoms with Gasteiger partial charge in [-0.15, -0.1) is 0 Å². The number of halogens is 1. The van der Waals surface area contributed by atoms with Crippen molar-refractivity contribution in [1.29, 1.82) is 0 Å². The number of aromatic nitrogens is 1. The van der Waals surface area contributed by atoms with Gasteiger partial charge in [0.15, 0.2) is 0 Å². The summed E-state index contributed by atoms with van der Waals surface area (Å²) in [6.45, 7) is 3.17. The van der Waals surface area contributed by atoms with E-state index in [-0.39, 0.29) is 17.4 Å². The van der Waals surface area contributed by atoms with E-state index in [2.05, 4.69) is 15.2 Å². The second-order valence-electron chi connectivity index (χ2n) is 8.82. The Balaban J connectivity index is 1.55. The Kier molecular flexibility index (Phi) is 6.12. The van der Waals surface area contributed by atoms with E-state index in [1.807, 2.05) is 73.7 Å². The number of anilines is 2. The number of aryl methyl sites for hydroxylation is 1. The summed E-state index contributed by atoms with van der Waals surface area (Å²) in [5.74, 6) is -0.230. The smallest absolute Gasteiger partial charge is 0.272 e. The van der Waals surface area contributed by atoms with Gasteiger partial charge < -0.3 is 15.2 Å². The summed E-state index contributed by atoms with van der Waals surface area (Å²) >= 11 is 6.35. The van der Waals surface area contributed by atoms with Gasteiger partial charge in [-0.25, -0.2) is 0 Å². The standard InChI is InChI=1S/C28H26ClN3O2/c1-18-8-5-6-12-23(18)30-27(33)20-11-7-15-32(17-20)26-25(19-9-3-2-4-10-19)22-16-21(29)13-14-24(22)31-28(26)34/h2-6,8-10,12-14,16,20H,7,11,15,17H2,1H3,(H,30,33)(H,31,34)/t20-/m0/s1. The van der Waals surface area contributed by atoms with Crippen LogP contribution in [-0.2, 0) is 4.79 Å². The van der Waals surface area contributed by atoms with Gasteiger partial charge in [0.2, 0.25) is 5.91 Å². The Bertz CT molecular complexity index is 1410. The number of carbonyl (C=O) groups is 1. The van der Waals surface area contributed by atoms with E-state index in [0.717, 1.165) is 46.1 Å². The summed E-state index contributed by atoms with van der Waals surface area (Å²) in [5.41, 5.74) is 4.82. The number of hydrogen-bond acceptors (Lipinski definition) is 3. The SMILES string of the molecule is Cc1ccccc1NC(=O)[C@H]1CCCN(c2c(-c3ccccc3)c3cc(Cl)ccc3[nH]c2=O)C1. The Morgan fingerprint density at radius 2 is 1.82 bits per heavy atom. The van der Waals surface area contributed by atoms with Crippen LogP contribution in [0.1, 0.15) is 18.4 Å². The van der Waals surface area contributed by atoms with Gasteiger partial charge in [0.1, 0.15) is 5.69 Å². The molecule has 0 radical (unpaired) electrons. The van der Waals surface area contributed by atoms with Crippen LogP contribution in [0.4, 0.5) is 11.4 Å². The number of hydrogen-bond donors (Lipinski definition) is 2. The molecule has 4 aromatic rings. The van der Waals surface area contributed by atoms with Gasteiger partial charge in [0.25, 0.3) is 5.56 Å². The van der Waals surface area contributed by atoms with Crippen molar-refractivity contribution in [3.63, 3.8) is 0 Å². The lowest BCUT2D eigenvalue weighted by Crippen LogP contribution is -2.43. The van der Waals surface area contributed by atoms with Crippen LogP contribution >= 0.6 is 11.6 Å². The number of para-hydroxylation sites is 1. The predicted octanol–water partition coefficient (Wildman–Crippen LogP) is 6.01. The molecule has 1 atom stereocenters. The molecule has 5 nitrogen and oxygen atoms in total. The number of nitrogens with zero attached hydrogens (tertiary/aromatic N) is 1. The van der Waals surface area contributed by atoms with Crippen LogP contribution in [-0.4, -0.2) is 24.0 Å². The second kappa shape index (κ2) is 9.35. The average molecular weight is 472 g/mol. The monoisotopic (exact) mass is 471 g/mol. The highest BCUT2D eigenvalue weighted by atomic mass is 35.5. The third kappa shape index (κ3) is 4.31. The summed E-state index contributed by atoms with van der Waals surface area (Å²) in [5, 5.41) is 4.58. The molecule has 172 valence electrons. The van der Waals surface area contributed by atoms with Crippen LogP contribution in [0.2, 0.25) is 5.02 Å². The number of carbonyl (C=O) groups excluding carboxylic acids is 1. The van der Waals surface area contributed by atoms with Crippen molar-refractivity contribution < 1.29 is 4.79 Å². The number of rotatable bonds is 4. The van der Waals surface area contributed by atoms with Crippen molar-refractivity contribution in [3.8, 4) is 11.1 Å². The van der Waals surface area contributed by atoms with Crippen molar-refractivity contribution in [3.05, 3.63) is 93.7 Å². The van der Waals surface area contributed by atoms with Crippen molar-refractivity contribution >= 4 is 39.8 Å². The zero-order valence-electron chi connectivity index (χ0n) is 19.0. The lowest BCUT2D eigenvalue weighted by Gasteiger charge is -2.34. The number of pyridine rings is 1. The number of piperidine rings is 1. The first-order valence-corrected chi connectivity index (χ1v) is 11.9. The van der Waals surface area contributed by atoms with Crippen molar-refractivity contribution in [2.24, 2.45) is 5.92 Å². The third-order valence-corrected chi connectivity index (χ3v) is 6.76. The van der Waals surface area contributed by atoms with Crippen LogP contribution < -0.4 is 15.8 Å². The number of H-pyrrole nitrogens is 1. The zero-order chi connectivity index (χ0) is 23.7. The summed E-state index contributed by atoms with van der Waals surface area (Å²) in [6, 6.07) is 23.2. The van der Waals surface area contributed by atoms with Crippen molar-refractivity contribution in [2.75, 3.05) is 23.3 Å². The molecule has 0 bridgehead atoms. The lowest BCUT2D eigenvalue weighted by molar-refractivity contribution is -0.120. The Hall–Kier alpha value is -3.57. The quantitative estimate of drug-likeness (QED) is 0.383. The minimum Gasteiger partial charge on any atom is -0.366 e. The first-order chi connectivity index (χ1) is 16.5. The fourth-order valence-electron chi connectivity index (χ4n) is 4.80.